The molecular weight excluding hydrogens is 841 g/mol. The molecule has 0 rings (SSSR count). The van der Waals surface area contributed by atoms with E-state index in [-0.39, 0.29) is 31.1 Å². The van der Waals surface area contributed by atoms with E-state index >= 15 is 0 Å². The van der Waals surface area contributed by atoms with Crippen LogP contribution in [-0.4, -0.2) is 37.2 Å². The topological polar surface area (TPSA) is 78.9 Å². The predicted octanol–water partition coefficient (Wildman–Crippen LogP) is 20.0. The number of hydrogen-bond acceptors (Lipinski definition) is 6. The van der Waals surface area contributed by atoms with Gasteiger partial charge in [-0.05, 0) is 70.6 Å². The monoisotopic (exact) mass is 955 g/mol. The zero-order valence-corrected chi connectivity index (χ0v) is 45.6. The third-order valence-corrected chi connectivity index (χ3v) is 13.4. The molecule has 0 heterocycles. The molecule has 6 heteroatoms. The molecule has 0 fully saturated rings. The van der Waals surface area contributed by atoms with E-state index in [2.05, 4.69) is 57.2 Å². The van der Waals surface area contributed by atoms with Crippen LogP contribution in [-0.2, 0) is 28.6 Å². The van der Waals surface area contributed by atoms with Gasteiger partial charge in [0, 0.05) is 19.3 Å². The smallest absolute Gasteiger partial charge is 0.306 e. The fraction of sp³-hybridized carbons (Fsp3) is 0.855. The van der Waals surface area contributed by atoms with Crippen molar-refractivity contribution in [2.45, 2.75) is 329 Å². The number of ether oxygens (including phenoxy) is 3. The third-order valence-electron chi connectivity index (χ3n) is 13.4. The molecule has 0 spiro atoms. The van der Waals surface area contributed by atoms with Gasteiger partial charge in [0.2, 0.25) is 0 Å². The maximum absolute atomic E-state index is 12.9. The number of hydrogen-bond donors (Lipinski definition) is 0. The van der Waals surface area contributed by atoms with Crippen molar-refractivity contribution in [3.63, 3.8) is 0 Å². The first-order chi connectivity index (χ1) is 33.5. The quantitative estimate of drug-likeness (QED) is 0.0199. The van der Waals surface area contributed by atoms with Crippen LogP contribution in [0.1, 0.15) is 323 Å². The van der Waals surface area contributed by atoms with Gasteiger partial charge in [0.1, 0.15) is 13.2 Å². The molecule has 6 nitrogen and oxygen atoms in total. The summed E-state index contributed by atoms with van der Waals surface area (Å²) in [5.74, 6) is -0.859. The number of rotatable bonds is 55. The lowest BCUT2D eigenvalue weighted by Gasteiger charge is -2.18. The molecule has 0 saturated heterocycles. The maximum atomic E-state index is 12.9. The Bertz CT molecular complexity index is 1140. The standard InChI is InChI=1S/C62H114O6/c1-4-7-10-13-16-19-22-25-28-30-31-33-34-37-40-43-46-49-52-55-61(64)67-58-59(57-66-60(63)54-51-48-45-42-39-36-27-24-21-18-15-12-9-6-3)68-62(65)56-53-50-47-44-41-38-35-32-29-26-23-20-17-14-11-8-5-2/h16,19,22,25-26,29,59H,4-15,17-18,20-21,23-24,27-28,30-58H2,1-3H3/b19-16-,25-22-,29-26-. The largest absolute Gasteiger partial charge is 0.462 e. The van der Waals surface area contributed by atoms with Gasteiger partial charge in [-0.3, -0.25) is 14.4 Å². The molecule has 0 aliphatic heterocycles. The van der Waals surface area contributed by atoms with Crippen LogP contribution in [0.25, 0.3) is 0 Å². The summed E-state index contributed by atoms with van der Waals surface area (Å²) >= 11 is 0. The number of unbranched alkanes of at least 4 members (excludes halogenated alkanes) is 39. The Morgan fingerprint density at radius 3 is 0.853 bits per heavy atom. The van der Waals surface area contributed by atoms with E-state index in [0.29, 0.717) is 19.3 Å². The molecule has 0 amide bonds. The number of esters is 3. The first-order valence-corrected chi connectivity index (χ1v) is 30.0. The molecule has 0 aromatic carbocycles. The predicted molar refractivity (Wildman–Crippen MR) is 293 cm³/mol. The molecule has 398 valence electrons. The van der Waals surface area contributed by atoms with Crippen LogP contribution in [0.15, 0.2) is 36.5 Å². The average Bonchev–Trinajstić information content (AvgIpc) is 3.34. The second-order valence-corrected chi connectivity index (χ2v) is 20.3. The number of carbonyl (C=O) groups is 3. The van der Waals surface area contributed by atoms with Crippen molar-refractivity contribution in [2.24, 2.45) is 0 Å². The van der Waals surface area contributed by atoms with Crippen LogP contribution in [0, 0.1) is 0 Å². The second kappa shape index (κ2) is 57.2. The zero-order chi connectivity index (χ0) is 49.3. The van der Waals surface area contributed by atoms with E-state index in [1.54, 1.807) is 0 Å². The lowest BCUT2D eigenvalue weighted by Crippen LogP contribution is -2.30. The minimum Gasteiger partial charge on any atom is -0.462 e. The summed E-state index contributed by atoms with van der Waals surface area (Å²) in [6.45, 7) is 6.65. The van der Waals surface area contributed by atoms with Crippen LogP contribution < -0.4 is 0 Å². The molecule has 0 radical (unpaired) electrons. The summed E-state index contributed by atoms with van der Waals surface area (Å²) in [6.07, 6.45) is 68.4. The van der Waals surface area contributed by atoms with Crippen molar-refractivity contribution in [3.05, 3.63) is 36.5 Å². The van der Waals surface area contributed by atoms with Crippen molar-refractivity contribution in [3.8, 4) is 0 Å². The zero-order valence-electron chi connectivity index (χ0n) is 45.6. The Hall–Kier alpha value is -2.37. The van der Waals surface area contributed by atoms with Crippen LogP contribution in [0.5, 0.6) is 0 Å². The molecular formula is C62H114O6. The van der Waals surface area contributed by atoms with Crippen LogP contribution in [0.2, 0.25) is 0 Å². The summed E-state index contributed by atoms with van der Waals surface area (Å²) in [6, 6.07) is 0. The third kappa shape index (κ3) is 54.6. The van der Waals surface area contributed by atoms with Crippen molar-refractivity contribution in [1.82, 2.24) is 0 Å². The maximum Gasteiger partial charge on any atom is 0.306 e. The van der Waals surface area contributed by atoms with Gasteiger partial charge in [0.25, 0.3) is 0 Å². The van der Waals surface area contributed by atoms with Gasteiger partial charge in [-0.2, -0.15) is 0 Å². The molecule has 0 saturated carbocycles. The van der Waals surface area contributed by atoms with E-state index in [0.717, 1.165) is 57.8 Å². The van der Waals surface area contributed by atoms with Gasteiger partial charge in [-0.1, -0.05) is 269 Å². The highest BCUT2D eigenvalue weighted by molar-refractivity contribution is 5.71. The van der Waals surface area contributed by atoms with Gasteiger partial charge in [-0.25, -0.2) is 0 Å². The van der Waals surface area contributed by atoms with Gasteiger partial charge >= 0.3 is 17.9 Å². The SMILES string of the molecule is CCCCC/C=C\C=C/CCCCCCCCCCCCC(=O)OCC(COC(=O)CCCCCCCCCCCCCCCC)OC(=O)CCCCCCCCC/C=C\CCCCCCCC. The van der Waals surface area contributed by atoms with Crippen LogP contribution in [0.3, 0.4) is 0 Å². The van der Waals surface area contributed by atoms with Gasteiger partial charge < -0.3 is 14.2 Å². The molecule has 0 aromatic rings. The molecule has 68 heavy (non-hydrogen) atoms. The summed E-state index contributed by atoms with van der Waals surface area (Å²) in [7, 11) is 0. The first kappa shape index (κ1) is 65.6. The van der Waals surface area contributed by atoms with Crippen LogP contribution in [0.4, 0.5) is 0 Å². The Labute approximate surface area is 423 Å². The molecule has 1 atom stereocenters. The Morgan fingerprint density at radius 1 is 0.294 bits per heavy atom. The minimum absolute atomic E-state index is 0.0708. The van der Waals surface area contributed by atoms with E-state index < -0.39 is 6.10 Å². The Kier molecular flexibility index (Phi) is 55.2. The van der Waals surface area contributed by atoms with Gasteiger partial charge in [0.05, 0.1) is 0 Å². The van der Waals surface area contributed by atoms with Crippen molar-refractivity contribution in [1.29, 1.82) is 0 Å². The summed E-state index contributed by atoms with van der Waals surface area (Å²) in [4.78, 5) is 38.2. The fourth-order valence-electron chi connectivity index (χ4n) is 8.84. The number of carbonyl (C=O) groups excluding carboxylic acids is 3. The summed E-state index contributed by atoms with van der Waals surface area (Å²) in [5.41, 5.74) is 0. The molecule has 0 aliphatic carbocycles. The van der Waals surface area contributed by atoms with E-state index in [1.807, 2.05) is 0 Å². The Morgan fingerprint density at radius 2 is 0.529 bits per heavy atom. The molecule has 0 bridgehead atoms. The van der Waals surface area contributed by atoms with Crippen molar-refractivity contribution >= 4 is 17.9 Å². The Balaban J connectivity index is 4.33. The fourth-order valence-corrected chi connectivity index (χ4v) is 8.84. The first-order valence-electron chi connectivity index (χ1n) is 30.0. The summed E-state index contributed by atoms with van der Waals surface area (Å²) < 4.78 is 16.9. The molecule has 0 aromatic heterocycles. The van der Waals surface area contributed by atoms with E-state index in [4.69, 9.17) is 14.2 Å². The normalized spacial score (nSPS) is 12.2. The average molecular weight is 956 g/mol. The lowest BCUT2D eigenvalue weighted by molar-refractivity contribution is -0.167. The minimum atomic E-state index is -0.773. The highest BCUT2D eigenvalue weighted by Gasteiger charge is 2.19. The molecule has 0 N–H and O–H groups in total. The van der Waals surface area contributed by atoms with Gasteiger partial charge in [0.15, 0.2) is 6.10 Å². The summed E-state index contributed by atoms with van der Waals surface area (Å²) in [5, 5.41) is 0. The number of allylic oxidation sites excluding steroid dienone is 6. The molecule has 0 aliphatic rings. The van der Waals surface area contributed by atoms with Crippen LogP contribution >= 0.6 is 0 Å². The second-order valence-electron chi connectivity index (χ2n) is 20.3. The van der Waals surface area contributed by atoms with E-state index in [9.17, 15) is 14.4 Å². The van der Waals surface area contributed by atoms with Gasteiger partial charge in [-0.15, -0.1) is 0 Å². The van der Waals surface area contributed by atoms with Crippen molar-refractivity contribution < 1.29 is 28.6 Å². The lowest BCUT2D eigenvalue weighted by atomic mass is 10.0. The van der Waals surface area contributed by atoms with E-state index in [1.165, 1.54) is 225 Å². The van der Waals surface area contributed by atoms with Crippen molar-refractivity contribution in [2.75, 3.05) is 13.2 Å². The highest BCUT2D eigenvalue weighted by atomic mass is 16.6. The molecule has 1 unspecified atom stereocenters. The highest BCUT2D eigenvalue weighted by Crippen LogP contribution is 2.17.